The van der Waals surface area contributed by atoms with Crippen molar-refractivity contribution < 1.29 is 0 Å². The van der Waals surface area contributed by atoms with Gasteiger partial charge in [-0.25, -0.2) is 0 Å². The molecule has 0 bridgehead atoms. The molecule has 2 radical (unpaired) electrons. The van der Waals surface area contributed by atoms with Gasteiger partial charge >= 0.3 is 0 Å². The summed E-state index contributed by atoms with van der Waals surface area (Å²) in [5.74, 6) is 0. The highest BCUT2D eigenvalue weighted by molar-refractivity contribution is 4.52. The highest BCUT2D eigenvalue weighted by Crippen LogP contribution is 1.79. The monoisotopic (exact) mass is 114 g/mol. The van der Waals surface area contributed by atoms with Crippen LogP contribution in [0.1, 0.15) is 0 Å². The van der Waals surface area contributed by atoms with Gasteiger partial charge in [0.25, 0.3) is 0 Å². The molecule has 0 aliphatic carbocycles. The van der Waals surface area contributed by atoms with Gasteiger partial charge in [0.05, 0.1) is 0 Å². The van der Waals surface area contributed by atoms with E-state index in [-0.39, 0.29) is 0 Å². The van der Waals surface area contributed by atoms with Crippen molar-refractivity contribution in [1.29, 1.82) is 0 Å². The Kier molecular flexibility index (Phi) is 3.83. The van der Waals surface area contributed by atoms with Crippen molar-refractivity contribution >= 4 is 0 Å². The standard InChI is InChI=1S/C6H14N2/c1-7(2)5-6-8(3)4/h1,3,5-6H2,2,4H3. The third kappa shape index (κ3) is 5.92. The van der Waals surface area contributed by atoms with E-state index in [2.05, 4.69) is 14.1 Å². The van der Waals surface area contributed by atoms with E-state index < -0.39 is 0 Å². The molecule has 0 rings (SSSR count). The third-order valence-electron chi connectivity index (χ3n) is 0.863. The second-order valence-electron chi connectivity index (χ2n) is 2.16. The molecule has 0 fully saturated rings. The zero-order chi connectivity index (χ0) is 6.57. The second kappa shape index (κ2) is 3.87. The topological polar surface area (TPSA) is 6.48 Å². The molecule has 0 spiro atoms. The first kappa shape index (κ1) is 7.92. The fraction of sp³-hybridized carbons (Fsp3) is 0.667. The van der Waals surface area contributed by atoms with Crippen molar-refractivity contribution in [3.8, 4) is 0 Å². The van der Waals surface area contributed by atoms with Crippen molar-refractivity contribution in [1.82, 2.24) is 9.80 Å². The fourth-order valence-electron chi connectivity index (χ4n) is 0.341. The molecule has 0 saturated carbocycles. The molecule has 2 heteroatoms. The van der Waals surface area contributed by atoms with Crippen LogP contribution in [0, 0.1) is 14.1 Å². The molecule has 0 aliphatic rings. The normalized spacial score (nSPS) is 11.2. The van der Waals surface area contributed by atoms with Crippen LogP contribution >= 0.6 is 0 Å². The average molecular weight is 114 g/mol. The van der Waals surface area contributed by atoms with Gasteiger partial charge in [0.1, 0.15) is 0 Å². The lowest BCUT2D eigenvalue weighted by molar-refractivity contribution is 0.359. The van der Waals surface area contributed by atoms with E-state index in [1.54, 1.807) is 0 Å². The van der Waals surface area contributed by atoms with Gasteiger partial charge in [0.2, 0.25) is 0 Å². The molecule has 0 N–H and O–H groups in total. The molecular weight excluding hydrogens is 100 g/mol. The Balaban J connectivity index is 2.93. The molecule has 0 aromatic heterocycles. The van der Waals surface area contributed by atoms with Crippen LogP contribution in [0.5, 0.6) is 0 Å². The summed E-state index contributed by atoms with van der Waals surface area (Å²) in [6.07, 6.45) is 0. The van der Waals surface area contributed by atoms with Gasteiger partial charge in [0.15, 0.2) is 0 Å². The van der Waals surface area contributed by atoms with E-state index in [1.807, 2.05) is 23.9 Å². The highest BCUT2D eigenvalue weighted by Gasteiger charge is 1.89. The van der Waals surface area contributed by atoms with Gasteiger partial charge in [-0.15, -0.1) is 0 Å². The van der Waals surface area contributed by atoms with Crippen LogP contribution in [-0.2, 0) is 0 Å². The maximum atomic E-state index is 3.69. The highest BCUT2D eigenvalue weighted by atomic mass is 15.1. The minimum absolute atomic E-state index is 0.972. The van der Waals surface area contributed by atoms with Crippen molar-refractivity contribution in [3.05, 3.63) is 14.1 Å². The fourth-order valence-corrected chi connectivity index (χ4v) is 0.341. The van der Waals surface area contributed by atoms with E-state index in [0.717, 1.165) is 13.1 Å². The molecular formula is C6H14N2. The number of nitrogens with zero attached hydrogens (tertiary/aromatic N) is 2. The predicted molar refractivity (Wildman–Crippen MR) is 36.0 cm³/mol. The SMILES string of the molecule is [CH2]N(C)CCN([CH2])C. The van der Waals surface area contributed by atoms with Crippen molar-refractivity contribution in [2.45, 2.75) is 0 Å². The Labute approximate surface area is 52.1 Å². The lowest BCUT2D eigenvalue weighted by Gasteiger charge is -2.12. The summed E-state index contributed by atoms with van der Waals surface area (Å²) in [5, 5.41) is 0. The molecule has 0 heterocycles. The lowest BCUT2D eigenvalue weighted by Crippen LogP contribution is -2.22. The van der Waals surface area contributed by atoms with Gasteiger partial charge in [0, 0.05) is 27.2 Å². The third-order valence-corrected chi connectivity index (χ3v) is 0.863. The lowest BCUT2D eigenvalue weighted by atomic mass is 10.5. The van der Waals surface area contributed by atoms with Crippen molar-refractivity contribution in [2.24, 2.45) is 0 Å². The van der Waals surface area contributed by atoms with E-state index in [4.69, 9.17) is 0 Å². The molecule has 0 aromatic carbocycles. The molecule has 48 valence electrons. The predicted octanol–water partition coefficient (Wildman–Crippen LogP) is 0.433. The van der Waals surface area contributed by atoms with Crippen LogP contribution in [0.15, 0.2) is 0 Å². The average Bonchev–Trinajstić information content (AvgIpc) is 1.61. The van der Waals surface area contributed by atoms with E-state index in [9.17, 15) is 0 Å². The maximum Gasteiger partial charge on any atom is 0.0107 e. The molecule has 8 heavy (non-hydrogen) atoms. The Morgan fingerprint density at radius 1 is 1.00 bits per heavy atom. The largest absolute Gasteiger partial charge is 0.304 e. The van der Waals surface area contributed by atoms with Crippen LogP contribution in [-0.4, -0.2) is 37.0 Å². The zero-order valence-electron chi connectivity index (χ0n) is 5.72. The summed E-state index contributed by atoms with van der Waals surface area (Å²) in [7, 11) is 11.3. The first-order valence-electron chi connectivity index (χ1n) is 2.66. The molecule has 0 aromatic rings. The quantitative estimate of drug-likeness (QED) is 0.525. The van der Waals surface area contributed by atoms with Gasteiger partial charge < -0.3 is 9.80 Å². The Morgan fingerprint density at radius 2 is 1.25 bits per heavy atom. The van der Waals surface area contributed by atoms with E-state index in [1.165, 1.54) is 0 Å². The second-order valence-corrected chi connectivity index (χ2v) is 2.16. The molecule has 0 amide bonds. The van der Waals surface area contributed by atoms with Crippen LogP contribution in [0.3, 0.4) is 0 Å². The van der Waals surface area contributed by atoms with Gasteiger partial charge in [-0.3, -0.25) is 0 Å². The van der Waals surface area contributed by atoms with E-state index in [0.29, 0.717) is 0 Å². The summed E-state index contributed by atoms with van der Waals surface area (Å²) in [6, 6.07) is 0. The van der Waals surface area contributed by atoms with Crippen LogP contribution in [0.25, 0.3) is 0 Å². The van der Waals surface area contributed by atoms with Crippen LogP contribution < -0.4 is 0 Å². The molecule has 2 nitrogen and oxygen atoms in total. The zero-order valence-corrected chi connectivity index (χ0v) is 5.72. The summed E-state index contributed by atoms with van der Waals surface area (Å²) in [4.78, 5) is 3.78. The maximum absolute atomic E-state index is 3.69. The first-order chi connectivity index (χ1) is 3.63. The number of hydrogen-bond acceptors (Lipinski definition) is 2. The van der Waals surface area contributed by atoms with Gasteiger partial charge in [-0.2, -0.15) is 0 Å². The number of hydrogen-bond donors (Lipinski definition) is 0. The molecule has 0 aliphatic heterocycles. The summed E-state index contributed by atoms with van der Waals surface area (Å²) in [6.45, 7) is 1.94. The number of rotatable bonds is 3. The van der Waals surface area contributed by atoms with Crippen LogP contribution in [0.4, 0.5) is 0 Å². The summed E-state index contributed by atoms with van der Waals surface area (Å²) < 4.78 is 0. The van der Waals surface area contributed by atoms with E-state index >= 15 is 0 Å². The molecule has 0 saturated heterocycles. The Bertz CT molecular complexity index is 42.5. The van der Waals surface area contributed by atoms with Crippen molar-refractivity contribution in [2.75, 3.05) is 27.2 Å². The summed E-state index contributed by atoms with van der Waals surface area (Å²) in [5.41, 5.74) is 0. The smallest absolute Gasteiger partial charge is 0.0107 e. The van der Waals surface area contributed by atoms with Gasteiger partial charge in [-0.1, -0.05) is 0 Å². The van der Waals surface area contributed by atoms with Gasteiger partial charge in [-0.05, 0) is 14.1 Å². The van der Waals surface area contributed by atoms with Crippen LogP contribution in [0.2, 0.25) is 0 Å². The minimum atomic E-state index is 0.972. The molecule has 0 unspecified atom stereocenters. The Morgan fingerprint density at radius 3 is 1.38 bits per heavy atom. The summed E-state index contributed by atoms with van der Waals surface area (Å²) >= 11 is 0. The minimum Gasteiger partial charge on any atom is -0.304 e. The first-order valence-corrected chi connectivity index (χ1v) is 2.66. The molecule has 0 atom stereocenters. The Hall–Kier alpha value is -0.0800. The number of likely N-dealkylation sites (N-methyl/N-ethyl adjacent to an activating group) is 2. The van der Waals surface area contributed by atoms with Crippen molar-refractivity contribution in [3.63, 3.8) is 0 Å².